The highest BCUT2D eigenvalue weighted by Gasteiger charge is 2.49. The zero-order chi connectivity index (χ0) is 14.3. The maximum atomic E-state index is 12.8. The summed E-state index contributed by atoms with van der Waals surface area (Å²) in [5.41, 5.74) is 0. The Morgan fingerprint density at radius 2 is 1.95 bits per heavy atom. The zero-order valence-corrected chi connectivity index (χ0v) is 12.0. The minimum absolute atomic E-state index is 0.0109. The Bertz CT molecular complexity index is 411. The van der Waals surface area contributed by atoms with E-state index >= 15 is 0 Å². The lowest BCUT2D eigenvalue weighted by Gasteiger charge is -2.35. The molecule has 20 heavy (non-hydrogen) atoms. The van der Waals surface area contributed by atoms with E-state index in [1.165, 1.54) is 6.42 Å². The molecule has 5 heteroatoms. The number of nitrogens with zero attached hydrogens (tertiary/aromatic N) is 1. The predicted molar refractivity (Wildman–Crippen MR) is 72.2 cm³/mol. The van der Waals surface area contributed by atoms with E-state index in [0.717, 1.165) is 25.7 Å². The molecule has 0 aromatic rings. The van der Waals surface area contributed by atoms with Gasteiger partial charge >= 0.3 is 5.97 Å². The van der Waals surface area contributed by atoms with Crippen molar-refractivity contribution < 1.29 is 19.4 Å². The van der Waals surface area contributed by atoms with Crippen LogP contribution < -0.4 is 0 Å². The van der Waals surface area contributed by atoms with Gasteiger partial charge < -0.3 is 14.7 Å². The Morgan fingerprint density at radius 1 is 1.20 bits per heavy atom. The van der Waals surface area contributed by atoms with Crippen LogP contribution in [0, 0.1) is 11.8 Å². The smallest absolute Gasteiger partial charge is 0.326 e. The van der Waals surface area contributed by atoms with Crippen molar-refractivity contribution in [3.05, 3.63) is 0 Å². The van der Waals surface area contributed by atoms with E-state index in [2.05, 4.69) is 0 Å². The summed E-state index contributed by atoms with van der Waals surface area (Å²) < 4.78 is 5.48. The number of carbonyl (C=O) groups is 2. The number of fused-ring (bicyclic) bond motifs is 1. The van der Waals surface area contributed by atoms with Gasteiger partial charge in [-0.25, -0.2) is 4.79 Å². The lowest BCUT2D eigenvalue weighted by molar-refractivity contribution is -0.152. The van der Waals surface area contributed by atoms with Crippen LogP contribution >= 0.6 is 0 Å². The van der Waals surface area contributed by atoms with Gasteiger partial charge in [-0.1, -0.05) is 12.8 Å². The van der Waals surface area contributed by atoms with Crippen LogP contribution in [0.1, 0.15) is 45.4 Å². The monoisotopic (exact) mass is 281 g/mol. The molecule has 0 aromatic heterocycles. The molecule has 112 valence electrons. The van der Waals surface area contributed by atoms with Crippen molar-refractivity contribution in [1.82, 2.24) is 4.90 Å². The van der Waals surface area contributed by atoms with Gasteiger partial charge in [0.2, 0.25) is 5.91 Å². The summed E-state index contributed by atoms with van der Waals surface area (Å²) in [7, 11) is 0. The molecular formula is C15H23NO4. The molecule has 2 saturated heterocycles. The van der Waals surface area contributed by atoms with Gasteiger partial charge in [0.25, 0.3) is 0 Å². The maximum Gasteiger partial charge on any atom is 0.326 e. The van der Waals surface area contributed by atoms with E-state index in [-0.39, 0.29) is 24.0 Å². The number of aliphatic carboxylic acids is 1. The van der Waals surface area contributed by atoms with Crippen molar-refractivity contribution in [3.63, 3.8) is 0 Å². The first-order valence-corrected chi connectivity index (χ1v) is 7.76. The highest BCUT2D eigenvalue weighted by molar-refractivity contribution is 5.86. The van der Waals surface area contributed by atoms with Crippen LogP contribution in [0.2, 0.25) is 0 Å². The molecule has 3 aliphatic rings. The second kappa shape index (κ2) is 5.35. The van der Waals surface area contributed by atoms with Crippen molar-refractivity contribution >= 4 is 11.9 Å². The summed E-state index contributed by atoms with van der Waals surface area (Å²) in [5.74, 6) is -0.611. The fourth-order valence-electron chi connectivity index (χ4n) is 4.25. The standard InChI is InChI=1S/C15H23NO4/c1-9-11(6-7-20-9)14(17)16-12-5-3-2-4-10(12)8-13(16)15(18)19/h9-13H,2-8H2,1H3,(H,18,19). The average molecular weight is 281 g/mol. The third-order valence-corrected chi connectivity index (χ3v) is 5.32. The summed E-state index contributed by atoms with van der Waals surface area (Å²) in [5, 5.41) is 9.46. The van der Waals surface area contributed by atoms with Gasteiger partial charge in [-0.15, -0.1) is 0 Å². The fraction of sp³-hybridized carbons (Fsp3) is 0.867. The number of amides is 1. The molecule has 5 nitrogen and oxygen atoms in total. The lowest BCUT2D eigenvalue weighted by atomic mass is 9.84. The van der Waals surface area contributed by atoms with Crippen molar-refractivity contribution in [1.29, 1.82) is 0 Å². The first-order chi connectivity index (χ1) is 9.59. The number of carboxylic acid groups (broad SMARTS) is 1. The summed E-state index contributed by atoms with van der Waals surface area (Å²) in [6, 6.07) is -0.478. The molecule has 1 N–H and O–H groups in total. The Labute approximate surface area is 119 Å². The fourth-order valence-corrected chi connectivity index (χ4v) is 4.25. The largest absolute Gasteiger partial charge is 0.480 e. The van der Waals surface area contributed by atoms with Gasteiger partial charge in [-0.05, 0) is 38.5 Å². The zero-order valence-electron chi connectivity index (χ0n) is 12.0. The molecule has 1 amide bonds. The summed E-state index contributed by atoms with van der Waals surface area (Å²) >= 11 is 0. The minimum Gasteiger partial charge on any atom is -0.480 e. The Kier molecular flexibility index (Phi) is 3.71. The number of carboxylic acids is 1. The predicted octanol–water partition coefficient (Wildman–Crippen LogP) is 1.66. The van der Waals surface area contributed by atoms with Crippen molar-refractivity contribution in [2.24, 2.45) is 11.8 Å². The van der Waals surface area contributed by atoms with E-state index in [4.69, 9.17) is 4.74 Å². The van der Waals surface area contributed by atoms with Gasteiger partial charge in [0, 0.05) is 12.6 Å². The number of likely N-dealkylation sites (tertiary alicyclic amines) is 1. The molecule has 2 aliphatic heterocycles. The Balaban J connectivity index is 1.83. The Hall–Kier alpha value is -1.10. The molecule has 0 aromatic carbocycles. The third kappa shape index (κ3) is 2.22. The number of hydrogen-bond donors (Lipinski definition) is 1. The molecule has 1 aliphatic carbocycles. The van der Waals surface area contributed by atoms with Crippen molar-refractivity contribution in [3.8, 4) is 0 Å². The van der Waals surface area contributed by atoms with Crippen LogP contribution in [0.25, 0.3) is 0 Å². The average Bonchev–Trinajstić information content (AvgIpc) is 3.01. The van der Waals surface area contributed by atoms with Crippen LogP contribution in [-0.4, -0.2) is 46.7 Å². The second-order valence-electron chi connectivity index (χ2n) is 6.42. The lowest BCUT2D eigenvalue weighted by Crippen LogP contribution is -2.49. The van der Waals surface area contributed by atoms with Crippen LogP contribution in [0.15, 0.2) is 0 Å². The highest BCUT2D eigenvalue weighted by Crippen LogP contribution is 2.41. The molecule has 3 fully saturated rings. The molecule has 0 bridgehead atoms. The van der Waals surface area contributed by atoms with E-state index in [1.54, 1.807) is 4.90 Å². The molecular weight excluding hydrogens is 258 g/mol. The third-order valence-electron chi connectivity index (χ3n) is 5.32. The first kappa shape index (κ1) is 13.9. The normalized spacial score (nSPS) is 40.6. The van der Waals surface area contributed by atoms with Gasteiger partial charge in [-0.3, -0.25) is 4.79 Å². The van der Waals surface area contributed by atoms with E-state index in [9.17, 15) is 14.7 Å². The maximum absolute atomic E-state index is 12.8. The SMILES string of the molecule is CC1OCCC1C(=O)N1C(C(=O)O)CC2CCCCC21. The van der Waals surface area contributed by atoms with Crippen LogP contribution in [-0.2, 0) is 14.3 Å². The summed E-state index contributed by atoms with van der Waals surface area (Å²) in [6.45, 7) is 2.52. The van der Waals surface area contributed by atoms with E-state index in [0.29, 0.717) is 18.9 Å². The van der Waals surface area contributed by atoms with Crippen molar-refractivity contribution in [2.75, 3.05) is 6.61 Å². The first-order valence-electron chi connectivity index (χ1n) is 7.76. The quantitative estimate of drug-likeness (QED) is 0.836. The molecule has 2 heterocycles. The van der Waals surface area contributed by atoms with E-state index in [1.807, 2.05) is 6.92 Å². The van der Waals surface area contributed by atoms with E-state index < -0.39 is 12.0 Å². The van der Waals surface area contributed by atoms with Crippen LogP contribution in [0.3, 0.4) is 0 Å². The topological polar surface area (TPSA) is 66.8 Å². The number of carbonyl (C=O) groups excluding carboxylic acids is 1. The van der Waals surface area contributed by atoms with Gasteiger partial charge in [0.1, 0.15) is 6.04 Å². The van der Waals surface area contributed by atoms with Gasteiger partial charge in [0.05, 0.1) is 12.0 Å². The molecule has 1 saturated carbocycles. The number of hydrogen-bond acceptors (Lipinski definition) is 3. The molecule has 5 unspecified atom stereocenters. The molecule has 5 atom stereocenters. The van der Waals surface area contributed by atoms with Crippen molar-refractivity contribution in [2.45, 2.75) is 63.6 Å². The molecule has 0 spiro atoms. The second-order valence-corrected chi connectivity index (χ2v) is 6.42. The van der Waals surface area contributed by atoms with Crippen LogP contribution in [0.5, 0.6) is 0 Å². The summed E-state index contributed by atoms with van der Waals surface area (Å²) in [4.78, 5) is 26.1. The number of rotatable bonds is 2. The van der Waals surface area contributed by atoms with Crippen LogP contribution in [0.4, 0.5) is 0 Å². The Morgan fingerprint density at radius 3 is 2.60 bits per heavy atom. The molecule has 0 radical (unpaired) electrons. The highest BCUT2D eigenvalue weighted by atomic mass is 16.5. The molecule has 3 rings (SSSR count). The van der Waals surface area contributed by atoms with Gasteiger partial charge in [-0.2, -0.15) is 0 Å². The minimum atomic E-state index is -0.848. The summed E-state index contributed by atoms with van der Waals surface area (Å²) in [6.07, 6.45) is 5.57. The number of ether oxygens (including phenoxy) is 1. The van der Waals surface area contributed by atoms with Gasteiger partial charge in [0.15, 0.2) is 0 Å².